The number of rotatable bonds is 10. The topological polar surface area (TPSA) is 25.2 Å². The van der Waals surface area contributed by atoms with Gasteiger partial charge in [-0.05, 0) is 48.6 Å². The second-order valence-electron chi connectivity index (χ2n) is 7.71. The number of amides is 1. The summed E-state index contributed by atoms with van der Waals surface area (Å²) in [7, 11) is 0. The third-order valence-corrected chi connectivity index (χ3v) is 5.48. The summed E-state index contributed by atoms with van der Waals surface area (Å²) in [5.41, 5.74) is 5.03. The lowest BCUT2D eigenvalue weighted by Crippen LogP contribution is -2.32. The molecule has 0 aliphatic heterocycles. The van der Waals surface area contributed by atoms with E-state index in [0.29, 0.717) is 13.0 Å². The number of unbranched alkanes of at least 4 members (excludes halogenated alkanes) is 1. The minimum Gasteiger partial charge on any atom is -0.345 e. The van der Waals surface area contributed by atoms with Gasteiger partial charge in [0, 0.05) is 31.4 Å². The van der Waals surface area contributed by atoms with E-state index in [0.717, 1.165) is 32.4 Å². The zero-order valence-corrected chi connectivity index (χ0v) is 17.7. The molecule has 3 nitrogen and oxygen atoms in total. The zero-order valence-electron chi connectivity index (χ0n) is 17.7. The highest BCUT2D eigenvalue weighted by molar-refractivity contribution is 5.76. The van der Waals surface area contributed by atoms with Crippen LogP contribution in [0, 0.1) is 6.92 Å². The van der Waals surface area contributed by atoms with Gasteiger partial charge in [-0.25, -0.2) is 0 Å². The number of carbonyl (C=O) groups is 1. The van der Waals surface area contributed by atoms with Crippen LogP contribution in [0.1, 0.15) is 48.6 Å². The molecule has 0 N–H and O–H groups in total. The smallest absolute Gasteiger partial charge is 0.223 e. The van der Waals surface area contributed by atoms with Gasteiger partial charge in [-0.3, -0.25) is 4.79 Å². The summed E-state index contributed by atoms with van der Waals surface area (Å²) in [5, 5.41) is 0. The van der Waals surface area contributed by atoms with Gasteiger partial charge >= 0.3 is 0 Å². The number of aryl methyl sites for hydroxylation is 2. The lowest BCUT2D eigenvalue weighted by Gasteiger charge is -2.24. The molecule has 152 valence electrons. The molecule has 2 aromatic carbocycles. The molecule has 3 heteroatoms. The van der Waals surface area contributed by atoms with E-state index in [9.17, 15) is 4.79 Å². The normalized spacial score (nSPS) is 10.8. The van der Waals surface area contributed by atoms with Gasteiger partial charge in [-0.1, -0.05) is 67.9 Å². The Balaban J connectivity index is 1.68. The van der Waals surface area contributed by atoms with Crippen LogP contribution in [-0.2, 0) is 24.3 Å². The first-order valence-corrected chi connectivity index (χ1v) is 10.7. The maximum absolute atomic E-state index is 13.0. The minimum absolute atomic E-state index is 0.242. The van der Waals surface area contributed by atoms with Crippen molar-refractivity contribution in [2.75, 3.05) is 6.54 Å². The van der Waals surface area contributed by atoms with Crippen LogP contribution in [0.2, 0.25) is 0 Å². The summed E-state index contributed by atoms with van der Waals surface area (Å²) in [6, 6.07) is 23.0. The molecule has 0 atom stereocenters. The van der Waals surface area contributed by atoms with Crippen LogP contribution in [0.3, 0.4) is 0 Å². The predicted octanol–water partition coefficient (Wildman–Crippen LogP) is 5.61. The fourth-order valence-electron chi connectivity index (χ4n) is 3.61. The van der Waals surface area contributed by atoms with E-state index in [1.54, 1.807) is 0 Å². The predicted molar refractivity (Wildman–Crippen MR) is 120 cm³/mol. The number of nitrogens with zero attached hydrogens (tertiary/aromatic N) is 2. The monoisotopic (exact) mass is 388 g/mol. The number of benzene rings is 2. The molecule has 0 saturated carbocycles. The van der Waals surface area contributed by atoms with Crippen LogP contribution < -0.4 is 0 Å². The van der Waals surface area contributed by atoms with Gasteiger partial charge in [0.15, 0.2) is 0 Å². The number of carbonyl (C=O) groups excluding carboxylic acids is 1. The molecule has 0 fully saturated rings. The first-order chi connectivity index (χ1) is 14.2. The highest BCUT2D eigenvalue weighted by Gasteiger charge is 2.15. The lowest BCUT2D eigenvalue weighted by atomic mass is 10.1. The molecule has 0 spiro atoms. The Morgan fingerprint density at radius 1 is 0.966 bits per heavy atom. The van der Waals surface area contributed by atoms with Crippen molar-refractivity contribution in [3.05, 3.63) is 95.3 Å². The molecular formula is C26H32N2O. The van der Waals surface area contributed by atoms with Crippen molar-refractivity contribution < 1.29 is 4.79 Å². The van der Waals surface area contributed by atoms with Crippen LogP contribution in [0.4, 0.5) is 0 Å². The summed E-state index contributed by atoms with van der Waals surface area (Å²) in [6.45, 7) is 6.66. The maximum atomic E-state index is 13.0. The van der Waals surface area contributed by atoms with E-state index in [2.05, 4.69) is 73.1 Å². The van der Waals surface area contributed by atoms with Crippen molar-refractivity contribution in [1.82, 2.24) is 9.47 Å². The zero-order chi connectivity index (χ0) is 20.5. The Labute approximate surface area is 175 Å². The fourth-order valence-corrected chi connectivity index (χ4v) is 3.61. The summed E-state index contributed by atoms with van der Waals surface area (Å²) in [6.07, 6.45) is 5.61. The molecular weight excluding hydrogens is 356 g/mol. The molecule has 29 heavy (non-hydrogen) atoms. The van der Waals surface area contributed by atoms with Gasteiger partial charge in [0.05, 0.1) is 6.54 Å². The quantitative estimate of drug-likeness (QED) is 0.443. The van der Waals surface area contributed by atoms with Gasteiger partial charge in [-0.15, -0.1) is 0 Å². The van der Waals surface area contributed by atoms with Crippen LogP contribution in [0.5, 0.6) is 0 Å². The summed E-state index contributed by atoms with van der Waals surface area (Å²) in [5.74, 6) is 0.242. The standard InChI is InChI=1S/C26H32N2O/c1-3-4-18-28(26(29)17-16-23-12-6-5-7-13-23)21-25-15-10-19-27(25)20-24-14-9-8-11-22(24)2/h5-15,19H,3-4,16-18,20-21H2,1-2H3. The summed E-state index contributed by atoms with van der Waals surface area (Å²) in [4.78, 5) is 15.0. The summed E-state index contributed by atoms with van der Waals surface area (Å²) < 4.78 is 2.27. The first-order valence-electron chi connectivity index (χ1n) is 10.7. The molecule has 0 radical (unpaired) electrons. The third-order valence-electron chi connectivity index (χ3n) is 5.48. The van der Waals surface area contributed by atoms with Gasteiger partial charge in [0.25, 0.3) is 0 Å². The third kappa shape index (κ3) is 6.08. The van der Waals surface area contributed by atoms with Crippen LogP contribution >= 0.6 is 0 Å². The van der Waals surface area contributed by atoms with Gasteiger partial charge in [0.2, 0.25) is 5.91 Å². The van der Waals surface area contributed by atoms with Crippen molar-refractivity contribution in [3.8, 4) is 0 Å². The fraction of sp³-hybridized carbons (Fsp3) is 0.346. The average Bonchev–Trinajstić information content (AvgIpc) is 3.18. The highest BCUT2D eigenvalue weighted by atomic mass is 16.2. The van der Waals surface area contributed by atoms with E-state index in [1.807, 2.05) is 23.1 Å². The van der Waals surface area contributed by atoms with Crippen LogP contribution in [0.15, 0.2) is 72.9 Å². The van der Waals surface area contributed by atoms with Crippen LogP contribution in [0.25, 0.3) is 0 Å². The SMILES string of the molecule is CCCCN(Cc1cccn1Cc1ccccc1C)C(=O)CCc1ccccc1. The number of hydrogen-bond acceptors (Lipinski definition) is 1. The lowest BCUT2D eigenvalue weighted by molar-refractivity contribution is -0.132. The molecule has 1 heterocycles. The van der Waals surface area contributed by atoms with Gasteiger partial charge < -0.3 is 9.47 Å². The molecule has 0 aliphatic carbocycles. The Kier molecular flexibility index (Phi) is 7.69. The van der Waals surface area contributed by atoms with E-state index < -0.39 is 0 Å². The molecule has 1 amide bonds. The van der Waals surface area contributed by atoms with E-state index in [4.69, 9.17) is 0 Å². The Morgan fingerprint density at radius 3 is 2.48 bits per heavy atom. The van der Waals surface area contributed by atoms with Crippen molar-refractivity contribution in [1.29, 1.82) is 0 Å². The molecule has 0 bridgehead atoms. The van der Waals surface area contributed by atoms with E-state index >= 15 is 0 Å². The molecule has 3 aromatic rings. The van der Waals surface area contributed by atoms with Crippen molar-refractivity contribution in [2.24, 2.45) is 0 Å². The van der Waals surface area contributed by atoms with E-state index in [-0.39, 0.29) is 5.91 Å². The average molecular weight is 389 g/mol. The second-order valence-corrected chi connectivity index (χ2v) is 7.71. The van der Waals surface area contributed by atoms with Crippen molar-refractivity contribution in [2.45, 2.75) is 52.6 Å². The second kappa shape index (κ2) is 10.7. The van der Waals surface area contributed by atoms with Gasteiger partial charge in [0.1, 0.15) is 0 Å². The number of aromatic nitrogens is 1. The summed E-state index contributed by atoms with van der Waals surface area (Å²) >= 11 is 0. The molecule has 0 unspecified atom stereocenters. The van der Waals surface area contributed by atoms with Crippen LogP contribution in [-0.4, -0.2) is 21.9 Å². The van der Waals surface area contributed by atoms with Crippen molar-refractivity contribution >= 4 is 5.91 Å². The molecule has 0 aliphatic rings. The Hall–Kier alpha value is -2.81. The Morgan fingerprint density at radius 2 is 1.72 bits per heavy atom. The minimum atomic E-state index is 0.242. The maximum Gasteiger partial charge on any atom is 0.223 e. The molecule has 1 aromatic heterocycles. The molecule has 0 saturated heterocycles. The number of hydrogen-bond donors (Lipinski definition) is 0. The largest absolute Gasteiger partial charge is 0.345 e. The Bertz CT molecular complexity index is 898. The van der Waals surface area contributed by atoms with Gasteiger partial charge in [-0.2, -0.15) is 0 Å². The molecule has 3 rings (SSSR count). The van der Waals surface area contributed by atoms with Crippen molar-refractivity contribution in [3.63, 3.8) is 0 Å². The highest BCUT2D eigenvalue weighted by Crippen LogP contribution is 2.15. The van der Waals surface area contributed by atoms with E-state index in [1.165, 1.54) is 22.4 Å². The first kappa shape index (κ1) is 20.9.